The Hall–Kier alpha value is -2.01. The van der Waals surface area contributed by atoms with E-state index in [4.69, 9.17) is 4.42 Å². The van der Waals surface area contributed by atoms with Crippen molar-refractivity contribution in [2.24, 2.45) is 0 Å². The Bertz CT molecular complexity index is 774. The maximum Gasteiger partial charge on any atom is 0.191 e. The van der Waals surface area contributed by atoms with Crippen LogP contribution in [0.4, 0.5) is 0 Å². The fraction of sp³-hybridized carbons (Fsp3) is 0.333. The third kappa shape index (κ3) is 3.50. The number of aryl methyl sites for hydroxylation is 2. The minimum absolute atomic E-state index is 0.879. The summed E-state index contributed by atoms with van der Waals surface area (Å²) in [7, 11) is 0. The Morgan fingerprint density at radius 1 is 1.09 bits per heavy atom. The van der Waals surface area contributed by atoms with Gasteiger partial charge in [-0.25, -0.2) is 0 Å². The minimum atomic E-state index is 0.879. The fourth-order valence-corrected chi connectivity index (χ4v) is 3.39. The summed E-state index contributed by atoms with van der Waals surface area (Å²) < 4.78 is 7.61. The summed E-state index contributed by atoms with van der Waals surface area (Å²) >= 11 is 1.73. The molecule has 120 valence electrons. The molecule has 0 amide bonds. The van der Waals surface area contributed by atoms with Crippen molar-refractivity contribution in [1.82, 2.24) is 14.8 Å². The largest absolute Gasteiger partial charge is 0.469 e. The third-order valence-corrected chi connectivity index (χ3v) is 4.79. The van der Waals surface area contributed by atoms with Crippen molar-refractivity contribution in [3.8, 4) is 11.4 Å². The standard InChI is InChI=1S/C18H21N3OS/c1-4-10-21-17(16-9-11-22-14(16)3)19-20-18(21)23-12-15-7-5-13(2)6-8-15/h5-9,11H,4,10,12H2,1-3H3. The van der Waals surface area contributed by atoms with Gasteiger partial charge in [0, 0.05) is 12.3 Å². The van der Waals surface area contributed by atoms with Crippen LogP contribution in [-0.4, -0.2) is 14.8 Å². The number of benzene rings is 1. The summed E-state index contributed by atoms with van der Waals surface area (Å²) in [6.07, 6.45) is 2.74. The average Bonchev–Trinajstić information content (AvgIpc) is 3.13. The van der Waals surface area contributed by atoms with E-state index in [1.807, 2.05) is 13.0 Å². The second-order valence-corrected chi connectivity index (χ2v) is 6.57. The van der Waals surface area contributed by atoms with Crippen molar-refractivity contribution in [2.75, 3.05) is 0 Å². The van der Waals surface area contributed by atoms with E-state index in [1.54, 1.807) is 18.0 Å². The molecule has 0 saturated carbocycles. The van der Waals surface area contributed by atoms with Gasteiger partial charge >= 0.3 is 0 Å². The van der Waals surface area contributed by atoms with Crippen molar-refractivity contribution < 1.29 is 4.42 Å². The predicted octanol–water partition coefficient (Wildman–Crippen LogP) is 4.86. The number of rotatable bonds is 6. The lowest BCUT2D eigenvalue weighted by atomic mass is 10.2. The van der Waals surface area contributed by atoms with Crippen LogP contribution in [0.2, 0.25) is 0 Å². The van der Waals surface area contributed by atoms with Crippen LogP contribution in [0.1, 0.15) is 30.2 Å². The van der Waals surface area contributed by atoms with Crippen LogP contribution in [0.25, 0.3) is 11.4 Å². The zero-order valence-corrected chi connectivity index (χ0v) is 14.6. The SMILES string of the molecule is CCCn1c(SCc2ccc(C)cc2)nnc1-c1ccoc1C. The molecule has 0 bridgehead atoms. The third-order valence-electron chi connectivity index (χ3n) is 3.75. The summed E-state index contributed by atoms with van der Waals surface area (Å²) in [5.74, 6) is 2.67. The molecule has 4 nitrogen and oxygen atoms in total. The fourth-order valence-electron chi connectivity index (χ4n) is 2.47. The lowest BCUT2D eigenvalue weighted by molar-refractivity contribution is 0.534. The molecular formula is C18H21N3OS. The molecule has 0 spiro atoms. The summed E-state index contributed by atoms with van der Waals surface area (Å²) in [5.41, 5.74) is 3.60. The molecule has 0 saturated heterocycles. The Morgan fingerprint density at radius 3 is 2.52 bits per heavy atom. The zero-order chi connectivity index (χ0) is 16.2. The second-order valence-electron chi connectivity index (χ2n) is 5.62. The number of thioether (sulfide) groups is 1. The van der Waals surface area contributed by atoms with Gasteiger partial charge in [0.2, 0.25) is 0 Å². The quantitative estimate of drug-likeness (QED) is 0.607. The van der Waals surface area contributed by atoms with Gasteiger partial charge in [0.15, 0.2) is 11.0 Å². The molecule has 0 aliphatic heterocycles. The van der Waals surface area contributed by atoms with Crippen molar-refractivity contribution in [3.63, 3.8) is 0 Å². The monoisotopic (exact) mass is 327 g/mol. The van der Waals surface area contributed by atoms with Gasteiger partial charge in [-0.2, -0.15) is 0 Å². The van der Waals surface area contributed by atoms with Crippen LogP contribution in [0.3, 0.4) is 0 Å². The van der Waals surface area contributed by atoms with E-state index >= 15 is 0 Å². The van der Waals surface area contributed by atoms with Gasteiger partial charge in [-0.05, 0) is 31.9 Å². The number of hydrogen-bond donors (Lipinski definition) is 0. The van der Waals surface area contributed by atoms with E-state index < -0.39 is 0 Å². The molecule has 0 aliphatic carbocycles. The summed E-state index contributed by atoms with van der Waals surface area (Å²) in [6.45, 7) is 7.14. The predicted molar refractivity (Wildman–Crippen MR) is 93.5 cm³/mol. The van der Waals surface area contributed by atoms with Crippen LogP contribution >= 0.6 is 11.8 Å². The minimum Gasteiger partial charge on any atom is -0.469 e. The molecule has 1 aromatic carbocycles. The first-order valence-electron chi connectivity index (χ1n) is 7.85. The molecule has 2 heterocycles. The number of hydrogen-bond acceptors (Lipinski definition) is 4. The summed E-state index contributed by atoms with van der Waals surface area (Å²) in [6, 6.07) is 10.6. The highest BCUT2D eigenvalue weighted by Gasteiger charge is 2.16. The maximum absolute atomic E-state index is 5.41. The van der Waals surface area contributed by atoms with Gasteiger partial charge in [-0.1, -0.05) is 48.5 Å². The zero-order valence-electron chi connectivity index (χ0n) is 13.7. The van der Waals surface area contributed by atoms with Gasteiger partial charge in [0.1, 0.15) is 5.76 Å². The molecule has 23 heavy (non-hydrogen) atoms. The van der Waals surface area contributed by atoms with Crippen LogP contribution in [0.15, 0.2) is 46.2 Å². The number of nitrogens with zero attached hydrogens (tertiary/aromatic N) is 3. The van der Waals surface area contributed by atoms with Gasteiger partial charge in [0.05, 0.1) is 11.8 Å². The molecule has 5 heteroatoms. The Balaban J connectivity index is 1.83. The summed E-state index contributed by atoms with van der Waals surface area (Å²) in [5, 5.41) is 9.76. The van der Waals surface area contributed by atoms with E-state index in [2.05, 4.69) is 52.9 Å². The van der Waals surface area contributed by atoms with E-state index in [0.29, 0.717) is 0 Å². The van der Waals surface area contributed by atoms with Crippen LogP contribution in [0, 0.1) is 13.8 Å². The molecule has 0 unspecified atom stereocenters. The first-order chi connectivity index (χ1) is 11.2. The lowest BCUT2D eigenvalue weighted by Gasteiger charge is -2.08. The van der Waals surface area contributed by atoms with Gasteiger partial charge in [-0.15, -0.1) is 10.2 Å². The van der Waals surface area contributed by atoms with Crippen molar-refractivity contribution in [1.29, 1.82) is 0 Å². The molecular weight excluding hydrogens is 306 g/mol. The lowest BCUT2D eigenvalue weighted by Crippen LogP contribution is -2.02. The van der Waals surface area contributed by atoms with E-state index in [-0.39, 0.29) is 0 Å². The molecule has 2 aromatic heterocycles. The number of furan rings is 1. The van der Waals surface area contributed by atoms with E-state index in [0.717, 1.165) is 41.0 Å². The van der Waals surface area contributed by atoms with Gasteiger partial charge in [0.25, 0.3) is 0 Å². The Morgan fingerprint density at radius 2 is 1.87 bits per heavy atom. The molecule has 3 rings (SSSR count). The number of aromatic nitrogens is 3. The molecule has 0 fully saturated rings. The first-order valence-corrected chi connectivity index (χ1v) is 8.83. The van der Waals surface area contributed by atoms with E-state index in [9.17, 15) is 0 Å². The smallest absolute Gasteiger partial charge is 0.191 e. The first kappa shape index (κ1) is 15.9. The average molecular weight is 327 g/mol. The topological polar surface area (TPSA) is 43.9 Å². The maximum atomic E-state index is 5.41. The molecule has 0 radical (unpaired) electrons. The molecule has 0 atom stereocenters. The van der Waals surface area contributed by atoms with Crippen LogP contribution in [-0.2, 0) is 12.3 Å². The highest BCUT2D eigenvalue weighted by atomic mass is 32.2. The van der Waals surface area contributed by atoms with Crippen molar-refractivity contribution in [2.45, 2.75) is 44.6 Å². The van der Waals surface area contributed by atoms with Gasteiger partial charge < -0.3 is 8.98 Å². The Labute approximate surface area is 140 Å². The van der Waals surface area contributed by atoms with Crippen molar-refractivity contribution >= 4 is 11.8 Å². The summed E-state index contributed by atoms with van der Waals surface area (Å²) in [4.78, 5) is 0. The van der Waals surface area contributed by atoms with Crippen molar-refractivity contribution in [3.05, 3.63) is 53.5 Å². The normalized spacial score (nSPS) is 11.1. The van der Waals surface area contributed by atoms with Crippen LogP contribution in [0.5, 0.6) is 0 Å². The highest BCUT2D eigenvalue weighted by Crippen LogP contribution is 2.28. The molecule has 3 aromatic rings. The van der Waals surface area contributed by atoms with Crippen LogP contribution < -0.4 is 0 Å². The second kappa shape index (κ2) is 7.04. The Kier molecular flexibility index (Phi) is 4.86. The van der Waals surface area contributed by atoms with E-state index in [1.165, 1.54) is 11.1 Å². The molecule has 0 aliphatic rings. The molecule has 0 N–H and O–H groups in total. The van der Waals surface area contributed by atoms with Gasteiger partial charge in [-0.3, -0.25) is 0 Å². The highest BCUT2D eigenvalue weighted by molar-refractivity contribution is 7.98.